The van der Waals surface area contributed by atoms with Gasteiger partial charge in [0.15, 0.2) is 11.7 Å². The third-order valence-corrected chi connectivity index (χ3v) is 5.35. The monoisotopic (exact) mass is 447 g/mol. The van der Waals surface area contributed by atoms with E-state index in [4.69, 9.17) is 16.0 Å². The molecule has 0 saturated carbocycles. The molecule has 0 bridgehead atoms. The van der Waals surface area contributed by atoms with E-state index in [2.05, 4.69) is 10.3 Å². The van der Waals surface area contributed by atoms with Crippen LogP contribution in [0.4, 0.5) is 0 Å². The van der Waals surface area contributed by atoms with Crippen molar-refractivity contribution in [3.63, 3.8) is 0 Å². The van der Waals surface area contributed by atoms with Gasteiger partial charge in [0.25, 0.3) is 5.56 Å². The highest BCUT2D eigenvalue weighted by Gasteiger charge is 2.11. The molecule has 0 aliphatic heterocycles. The van der Waals surface area contributed by atoms with Gasteiger partial charge in [-0.2, -0.15) is 0 Å². The van der Waals surface area contributed by atoms with E-state index < -0.39 is 0 Å². The number of pyridine rings is 1. The molecule has 0 aliphatic rings. The second kappa shape index (κ2) is 10.1. The van der Waals surface area contributed by atoms with E-state index in [9.17, 15) is 9.59 Å². The van der Waals surface area contributed by atoms with Crippen molar-refractivity contribution < 1.29 is 9.21 Å². The van der Waals surface area contributed by atoms with Crippen molar-refractivity contribution in [2.45, 2.75) is 25.9 Å². The number of nitrogens with zero attached hydrogens (tertiary/aromatic N) is 2. The Morgan fingerprint density at radius 3 is 2.53 bits per heavy atom. The average molecular weight is 448 g/mol. The van der Waals surface area contributed by atoms with Gasteiger partial charge in [-0.15, -0.1) is 0 Å². The third kappa shape index (κ3) is 5.53. The molecular weight excluding hydrogens is 426 g/mol. The smallest absolute Gasteiger partial charge is 0.250 e. The number of aromatic nitrogens is 2. The van der Waals surface area contributed by atoms with Crippen molar-refractivity contribution in [1.82, 2.24) is 14.9 Å². The maximum atomic E-state index is 12.2. The van der Waals surface area contributed by atoms with Crippen LogP contribution in [-0.4, -0.2) is 15.5 Å². The van der Waals surface area contributed by atoms with Crippen molar-refractivity contribution >= 4 is 17.5 Å². The number of benzene rings is 2. The number of rotatable bonds is 8. The largest absolute Gasteiger partial charge is 0.441 e. The summed E-state index contributed by atoms with van der Waals surface area (Å²) in [7, 11) is 0. The van der Waals surface area contributed by atoms with Gasteiger partial charge >= 0.3 is 0 Å². The van der Waals surface area contributed by atoms with Gasteiger partial charge in [-0.1, -0.05) is 54.1 Å². The Morgan fingerprint density at radius 2 is 1.75 bits per heavy atom. The van der Waals surface area contributed by atoms with E-state index in [1.54, 1.807) is 35.2 Å². The van der Waals surface area contributed by atoms with Gasteiger partial charge in [0.2, 0.25) is 5.91 Å². The van der Waals surface area contributed by atoms with Gasteiger partial charge in [0.1, 0.15) is 0 Å². The van der Waals surface area contributed by atoms with Crippen LogP contribution in [0.25, 0.3) is 11.3 Å². The number of carbonyl (C=O) groups excluding carboxylic acids is 1. The van der Waals surface area contributed by atoms with Crippen molar-refractivity contribution in [2.75, 3.05) is 0 Å². The molecule has 0 radical (unpaired) electrons. The van der Waals surface area contributed by atoms with E-state index in [-0.39, 0.29) is 17.9 Å². The molecule has 7 heteroatoms. The first-order valence-electron chi connectivity index (χ1n) is 10.3. The third-order valence-electron chi connectivity index (χ3n) is 5.02. The summed E-state index contributed by atoms with van der Waals surface area (Å²) in [4.78, 5) is 28.3. The summed E-state index contributed by atoms with van der Waals surface area (Å²) in [6.45, 7) is 0.944. The lowest BCUT2D eigenvalue weighted by atomic mass is 10.1. The van der Waals surface area contributed by atoms with Crippen LogP contribution in [-0.2, 0) is 24.3 Å². The van der Waals surface area contributed by atoms with Crippen LogP contribution in [0, 0.1) is 0 Å². The molecule has 1 N–H and O–H groups in total. The molecule has 2 heterocycles. The maximum absolute atomic E-state index is 12.2. The Labute approximate surface area is 190 Å². The first-order valence-corrected chi connectivity index (χ1v) is 10.7. The molecule has 0 spiro atoms. The number of aryl methyl sites for hydroxylation is 1. The molecule has 4 rings (SSSR count). The lowest BCUT2D eigenvalue weighted by molar-refractivity contribution is -0.121. The fourth-order valence-electron chi connectivity index (χ4n) is 3.27. The fraction of sp³-hybridized carbons (Fsp3) is 0.160. The molecular formula is C25H22ClN3O3. The fourth-order valence-corrected chi connectivity index (χ4v) is 3.50. The van der Waals surface area contributed by atoms with Gasteiger partial charge in [0.05, 0.1) is 17.8 Å². The Hall–Kier alpha value is -3.64. The first-order chi connectivity index (χ1) is 15.6. The molecule has 1 amide bonds. The summed E-state index contributed by atoms with van der Waals surface area (Å²) in [6, 6.07) is 20.3. The SMILES string of the molecule is O=C(CCc1ncc(-c2ccccc2Cl)o1)NCc1ccc(Cn2ccccc2=O)cc1. The normalized spacial score (nSPS) is 10.8. The molecule has 162 valence electrons. The second-order valence-electron chi connectivity index (χ2n) is 7.36. The average Bonchev–Trinajstić information content (AvgIpc) is 3.28. The number of halogens is 1. The maximum Gasteiger partial charge on any atom is 0.250 e. The molecule has 0 unspecified atom stereocenters. The summed E-state index contributed by atoms with van der Waals surface area (Å²) < 4.78 is 7.38. The minimum atomic E-state index is -0.0811. The number of amides is 1. The number of nitrogens with one attached hydrogen (secondary N) is 1. The van der Waals surface area contributed by atoms with E-state index in [1.165, 1.54) is 0 Å². The van der Waals surface area contributed by atoms with E-state index in [0.29, 0.717) is 36.2 Å². The van der Waals surface area contributed by atoms with Gasteiger partial charge in [-0.05, 0) is 29.3 Å². The van der Waals surface area contributed by atoms with E-state index in [1.807, 2.05) is 48.5 Å². The zero-order valence-electron chi connectivity index (χ0n) is 17.3. The molecule has 6 nitrogen and oxygen atoms in total. The van der Waals surface area contributed by atoms with Gasteiger partial charge in [-0.3, -0.25) is 9.59 Å². The molecule has 0 saturated heterocycles. The first kappa shape index (κ1) is 21.6. The topological polar surface area (TPSA) is 77.1 Å². The molecule has 4 aromatic rings. The summed E-state index contributed by atoms with van der Waals surface area (Å²) in [5, 5.41) is 3.50. The Balaban J connectivity index is 1.25. The van der Waals surface area contributed by atoms with Crippen LogP contribution in [0.3, 0.4) is 0 Å². The minimum Gasteiger partial charge on any atom is -0.441 e. The van der Waals surface area contributed by atoms with Crippen LogP contribution in [0.5, 0.6) is 0 Å². The quantitative estimate of drug-likeness (QED) is 0.432. The number of hydrogen-bond acceptors (Lipinski definition) is 4. The lowest BCUT2D eigenvalue weighted by Crippen LogP contribution is -2.23. The van der Waals surface area contributed by atoms with Crippen LogP contribution < -0.4 is 10.9 Å². The van der Waals surface area contributed by atoms with Crippen molar-refractivity contribution in [2.24, 2.45) is 0 Å². The minimum absolute atomic E-state index is 0.0335. The number of hydrogen-bond donors (Lipinski definition) is 1. The standard InChI is InChI=1S/C25H22ClN3O3/c26-21-6-2-1-5-20(21)22-16-28-24(32-22)13-12-23(30)27-15-18-8-10-19(11-9-18)17-29-14-4-3-7-25(29)31/h1-11,14,16H,12-13,15,17H2,(H,27,30). The molecule has 2 aromatic heterocycles. The van der Waals surface area contributed by atoms with Crippen LogP contribution in [0.1, 0.15) is 23.4 Å². The highest BCUT2D eigenvalue weighted by Crippen LogP contribution is 2.28. The van der Waals surface area contributed by atoms with Crippen LogP contribution >= 0.6 is 11.6 Å². The highest BCUT2D eigenvalue weighted by atomic mass is 35.5. The lowest BCUT2D eigenvalue weighted by Gasteiger charge is -2.08. The molecule has 32 heavy (non-hydrogen) atoms. The molecule has 0 fully saturated rings. The highest BCUT2D eigenvalue weighted by molar-refractivity contribution is 6.33. The Kier molecular flexibility index (Phi) is 6.82. The zero-order valence-corrected chi connectivity index (χ0v) is 18.1. The van der Waals surface area contributed by atoms with Gasteiger partial charge < -0.3 is 14.3 Å². The van der Waals surface area contributed by atoms with Crippen LogP contribution in [0.15, 0.2) is 88.3 Å². The van der Waals surface area contributed by atoms with E-state index >= 15 is 0 Å². The number of carbonyl (C=O) groups is 1. The number of oxazole rings is 1. The van der Waals surface area contributed by atoms with Gasteiger partial charge in [0, 0.05) is 37.2 Å². The Bertz CT molecular complexity index is 1260. The second-order valence-corrected chi connectivity index (χ2v) is 7.77. The van der Waals surface area contributed by atoms with Gasteiger partial charge in [-0.25, -0.2) is 4.98 Å². The molecule has 2 aromatic carbocycles. The van der Waals surface area contributed by atoms with Crippen molar-refractivity contribution in [3.8, 4) is 11.3 Å². The summed E-state index contributed by atoms with van der Waals surface area (Å²) in [5.74, 6) is 1.00. The predicted octanol–water partition coefficient (Wildman–Crippen LogP) is 4.45. The summed E-state index contributed by atoms with van der Waals surface area (Å²) >= 11 is 6.19. The van der Waals surface area contributed by atoms with Crippen LogP contribution in [0.2, 0.25) is 5.02 Å². The molecule has 0 atom stereocenters. The van der Waals surface area contributed by atoms with Crippen molar-refractivity contribution in [1.29, 1.82) is 0 Å². The zero-order chi connectivity index (χ0) is 22.3. The van der Waals surface area contributed by atoms with E-state index in [0.717, 1.165) is 16.7 Å². The summed E-state index contributed by atoms with van der Waals surface area (Å²) in [5.41, 5.74) is 2.75. The van der Waals surface area contributed by atoms with Crippen molar-refractivity contribution in [3.05, 3.63) is 112 Å². The summed E-state index contributed by atoms with van der Waals surface area (Å²) in [6.07, 6.45) is 4.07. The molecule has 0 aliphatic carbocycles. The Morgan fingerprint density at radius 1 is 1.00 bits per heavy atom. The predicted molar refractivity (Wildman–Crippen MR) is 123 cm³/mol.